The zero-order valence-corrected chi connectivity index (χ0v) is 23.1. The molecule has 0 spiro atoms. The Morgan fingerprint density at radius 3 is 2.37 bits per heavy atom. The maximum absolute atomic E-state index is 13.3. The fourth-order valence-corrected chi connectivity index (χ4v) is 6.42. The molecule has 2 heterocycles. The molecule has 0 aliphatic carbocycles. The highest BCUT2D eigenvalue weighted by molar-refractivity contribution is 7.89. The Labute approximate surface area is 225 Å². The molecule has 1 aromatic heterocycles. The molecule has 1 aliphatic rings. The second kappa shape index (κ2) is 11.2. The van der Waals surface area contributed by atoms with Gasteiger partial charge in [0.2, 0.25) is 10.0 Å². The number of hydrogen-bond donors (Lipinski definition) is 1. The van der Waals surface area contributed by atoms with Crippen molar-refractivity contribution >= 4 is 32.4 Å². The predicted octanol–water partition coefficient (Wildman–Crippen LogP) is 5.70. The summed E-state index contributed by atoms with van der Waals surface area (Å²) in [6, 6.07) is 23.5. The maximum Gasteiger partial charge on any atom is 0.243 e. The van der Waals surface area contributed by atoms with Gasteiger partial charge in [0.25, 0.3) is 0 Å². The summed E-state index contributed by atoms with van der Waals surface area (Å²) in [4.78, 5) is 12.5. The summed E-state index contributed by atoms with van der Waals surface area (Å²) in [5.41, 5.74) is 4.20. The van der Waals surface area contributed by atoms with Crippen LogP contribution in [0, 0.1) is 6.92 Å². The van der Waals surface area contributed by atoms with E-state index < -0.39 is 10.0 Å². The lowest BCUT2D eigenvalue weighted by Gasteiger charge is -2.37. The molecule has 0 amide bonds. The number of fused-ring (bicyclic) bond motifs is 1. The van der Waals surface area contributed by atoms with Gasteiger partial charge in [0.15, 0.2) is 0 Å². The third-order valence-corrected chi connectivity index (χ3v) is 9.11. The van der Waals surface area contributed by atoms with E-state index in [1.54, 1.807) is 16.4 Å². The second-order valence-corrected chi connectivity index (χ2v) is 11.9. The van der Waals surface area contributed by atoms with Gasteiger partial charge in [0.05, 0.1) is 16.5 Å². The Morgan fingerprint density at radius 2 is 1.66 bits per heavy atom. The molecule has 198 valence electrons. The van der Waals surface area contributed by atoms with Crippen LogP contribution in [0.4, 0.5) is 11.5 Å². The first-order valence-corrected chi connectivity index (χ1v) is 14.7. The van der Waals surface area contributed by atoms with Gasteiger partial charge in [-0.1, -0.05) is 49.7 Å². The summed E-state index contributed by atoms with van der Waals surface area (Å²) in [6.07, 6.45) is 1.99. The number of anilines is 2. The number of nitrogens with zero attached hydrogens (tertiary/aromatic N) is 4. The molecule has 8 heteroatoms. The molecule has 0 radical (unpaired) electrons. The third kappa shape index (κ3) is 5.57. The summed E-state index contributed by atoms with van der Waals surface area (Å²) in [5.74, 6) is 1.50. The van der Waals surface area contributed by atoms with E-state index in [9.17, 15) is 8.42 Å². The van der Waals surface area contributed by atoms with Gasteiger partial charge in [-0.25, -0.2) is 18.4 Å². The standard InChI is InChI=1S/C30H35N5O2S/c1-4-8-24-13-15-26(16-14-24)38(36,37)35-19-17-34(18-20-35)23(3)29-32-28-12-6-5-11-27(28)30(33-29)31-25-10-7-9-22(2)21-25/h5-7,9-16,21,23H,4,8,17-20H2,1-3H3,(H,31,32,33)/t23-/m1/s1. The monoisotopic (exact) mass is 529 g/mol. The van der Waals surface area contributed by atoms with Gasteiger partial charge >= 0.3 is 0 Å². The Bertz CT molecular complexity index is 1510. The first kappa shape index (κ1) is 26.3. The number of benzene rings is 3. The van der Waals surface area contributed by atoms with Crippen molar-refractivity contribution in [1.82, 2.24) is 19.2 Å². The minimum Gasteiger partial charge on any atom is -0.340 e. The van der Waals surface area contributed by atoms with Crippen molar-refractivity contribution in [3.8, 4) is 0 Å². The lowest BCUT2D eigenvalue weighted by atomic mass is 10.1. The summed E-state index contributed by atoms with van der Waals surface area (Å²) in [6.45, 7) is 8.39. The molecule has 1 aliphatic heterocycles. The lowest BCUT2D eigenvalue weighted by molar-refractivity contribution is 0.141. The molecular weight excluding hydrogens is 494 g/mol. The van der Waals surface area contributed by atoms with Crippen LogP contribution in [0.5, 0.6) is 0 Å². The highest BCUT2D eigenvalue weighted by atomic mass is 32.2. The van der Waals surface area contributed by atoms with Crippen molar-refractivity contribution in [2.75, 3.05) is 31.5 Å². The van der Waals surface area contributed by atoms with E-state index in [0.29, 0.717) is 31.1 Å². The molecule has 1 N–H and O–H groups in total. The Hall–Kier alpha value is -3.33. The molecule has 38 heavy (non-hydrogen) atoms. The largest absolute Gasteiger partial charge is 0.340 e. The number of nitrogens with one attached hydrogen (secondary N) is 1. The average molecular weight is 530 g/mol. The van der Waals surface area contributed by atoms with Crippen LogP contribution < -0.4 is 5.32 Å². The van der Waals surface area contributed by atoms with Crippen LogP contribution in [0.3, 0.4) is 0 Å². The van der Waals surface area contributed by atoms with E-state index in [0.717, 1.165) is 46.6 Å². The molecule has 1 saturated heterocycles. The Morgan fingerprint density at radius 1 is 0.921 bits per heavy atom. The van der Waals surface area contributed by atoms with Crippen molar-refractivity contribution in [2.24, 2.45) is 0 Å². The van der Waals surface area contributed by atoms with Crippen molar-refractivity contribution in [3.05, 3.63) is 89.7 Å². The van der Waals surface area contributed by atoms with E-state index in [1.165, 1.54) is 5.56 Å². The number of para-hydroxylation sites is 1. The van der Waals surface area contributed by atoms with Crippen LogP contribution in [-0.2, 0) is 16.4 Å². The summed E-state index contributed by atoms with van der Waals surface area (Å²) >= 11 is 0. The molecule has 5 rings (SSSR count). The first-order valence-electron chi connectivity index (χ1n) is 13.3. The van der Waals surface area contributed by atoms with Crippen molar-refractivity contribution in [2.45, 2.75) is 44.6 Å². The second-order valence-electron chi connectivity index (χ2n) is 9.95. The molecule has 7 nitrogen and oxygen atoms in total. The quantitative estimate of drug-likeness (QED) is 0.315. The summed E-state index contributed by atoms with van der Waals surface area (Å²) < 4.78 is 28.1. The Balaban J connectivity index is 1.33. The van der Waals surface area contributed by atoms with Gasteiger partial charge < -0.3 is 5.32 Å². The van der Waals surface area contributed by atoms with Crippen LogP contribution >= 0.6 is 0 Å². The molecule has 3 aromatic carbocycles. The summed E-state index contributed by atoms with van der Waals surface area (Å²) in [7, 11) is -3.52. The van der Waals surface area contributed by atoms with Crippen LogP contribution in [0.25, 0.3) is 10.9 Å². The SMILES string of the molecule is CCCc1ccc(S(=O)(=O)N2CCN([C@H](C)c3nc(Nc4cccc(C)c4)c4ccccc4n3)CC2)cc1. The van der Waals surface area contributed by atoms with Gasteiger partial charge in [-0.3, -0.25) is 4.90 Å². The molecule has 4 aromatic rings. The zero-order chi connectivity index (χ0) is 26.7. The zero-order valence-electron chi connectivity index (χ0n) is 22.3. The van der Waals surface area contributed by atoms with Gasteiger partial charge in [-0.05, 0) is 67.8 Å². The smallest absolute Gasteiger partial charge is 0.243 e. The molecule has 1 atom stereocenters. The van der Waals surface area contributed by atoms with E-state index >= 15 is 0 Å². The van der Waals surface area contributed by atoms with E-state index in [4.69, 9.17) is 9.97 Å². The molecule has 1 fully saturated rings. The fraction of sp³-hybridized carbons (Fsp3) is 0.333. The lowest BCUT2D eigenvalue weighted by Crippen LogP contribution is -2.49. The number of sulfonamides is 1. The van der Waals surface area contributed by atoms with Gasteiger partial charge in [0, 0.05) is 37.3 Å². The van der Waals surface area contributed by atoms with Crippen molar-refractivity contribution < 1.29 is 8.42 Å². The third-order valence-electron chi connectivity index (χ3n) is 7.20. The molecule has 0 bridgehead atoms. The van der Waals surface area contributed by atoms with Gasteiger partial charge in [-0.2, -0.15) is 4.31 Å². The topological polar surface area (TPSA) is 78.4 Å². The highest BCUT2D eigenvalue weighted by Crippen LogP contribution is 2.29. The van der Waals surface area contributed by atoms with Crippen LogP contribution in [0.2, 0.25) is 0 Å². The van der Waals surface area contributed by atoms with Crippen molar-refractivity contribution in [1.29, 1.82) is 0 Å². The van der Waals surface area contributed by atoms with Crippen LogP contribution in [0.1, 0.15) is 43.3 Å². The van der Waals surface area contributed by atoms with E-state index in [2.05, 4.69) is 43.1 Å². The maximum atomic E-state index is 13.3. The highest BCUT2D eigenvalue weighted by Gasteiger charge is 2.31. The molecule has 0 unspecified atom stereocenters. The molecule has 0 saturated carbocycles. The number of piperazine rings is 1. The first-order chi connectivity index (χ1) is 18.3. The minimum atomic E-state index is -3.52. The Kier molecular flexibility index (Phi) is 7.74. The predicted molar refractivity (Wildman–Crippen MR) is 153 cm³/mol. The fourth-order valence-electron chi connectivity index (χ4n) is 5.00. The van der Waals surface area contributed by atoms with Crippen LogP contribution in [0.15, 0.2) is 77.7 Å². The van der Waals surface area contributed by atoms with Crippen LogP contribution in [-0.4, -0.2) is 53.8 Å². The normalized spacial score (nSPS) is 16.0. The van der Waals surface area contributed by atoms with Crippen molar-refractivity contribution in [3.63, 3.8) is 0 Å². The number of rotatable bonds is 8. The van der Waals surface area contributed by atoms with Gasteiger partial charge in [-0.15, -0.1) is 0 Å². The molecular formula is C30H35N5O2S. The average Bonchev–Trinajstić information content (AvgIpc) is 2.93. The van der Waals surface area contributed by atoms with E-state index in [-0.39, 0.29) is 6.04 Å². The number of hydrogen-bond acceptors (Lipinski definition) is 6. The van der Waals surface area contributed by atoms with E-state index in [1.807, 2.05) is 48.5 Å². The van der Waals surface area contributed by atoms with Gasteiger partial charge in [0.1, 0.15) is 11.6 Å². The minimum absolute atomic E-state index is 0.0594. The number of aromatic nitrogens is 2. The number of aryl methyl sites for hydroxylation is 2. The summed E-state index contributed by atoms with van der Waals surface area (Å²) in [5, 5.41) is 4.45.